The van der Waals surface area contributed by atoms with E-state index >= 15 is 0 Å². The van der Waals surface area contributed by atoms with Crippen LogP contribution in [-0.4, -0.2) is 30.5 Å². The van der Waals surface area contributed by atoms with Crippen LogP contribution in [0.4, 0.5) is 5.69 Å². The monoisotopic (exact) mass is 400 g/mol. The first-order valence-corrected chi connectivity index (χ1v) is 9.15. The van der Waals surface area contributed by atoms with Gasteiger partial charge in [0.05, 0.1) is 18.1 Å². The van der Waals surface area contributed by atoms with Crippen LogP contribution < -0.4 is 10.1 Å². The highest BCUT2D eigenvalue weighted by atomic mass is 16.6. The molecule has 8 heteroatoms. The number of non-ortho nitro benzene ring substituents is 1. The van der Waals surface area contributed by atoms with Crippen molar-refractivity contribution < 1.29 is 24.0 Å². The summed E-state index contributed by atoms with van der Waals surface area (Å²) in [4.78, 5) is 35.0. The van der Waals surface area contributed by atoms with Crippen molar-refractivity contribution in [1.82, 2.24) is 5.32 Å². The lowest BCUT2D eigenvalue weighted by Crippen LogP contribution is -2.33. The molecule has 0 spiro atoms. The summed E-state index contributed by atoms with van der Waals surface area (Å²) >= 11 is 0. The third-order valence-electron chi connectivity index (χ3n) is 4.19. The predicted molar refractivity (Wildman–Crippen MR) is 107 cm³/mol. The molecule has 8 nitrogen and oxygen atoms in total. The maximum Gasteiger partial charge on any atom is 0.342 e. The van der Waals surface area contributed by atoms with E-state index < -0.39 is 23.4 Å². The number of esters is 1. The summed E-state index contributed by atoms with van der Waals surface area (Å²) in [5.74, 6) is -0.863. The molecule has 0 aliphatic heterocycles. The lowest BCUT2D eigenvalue weighted by Gasteiger charge is -2.21. The fourth-order valence-electron chi connectivity index (χ4n) is 2.85. The SMILES string of the molecule is COc1ccc([N+](=O)[O-])cc1C(=O)OCC(=O)N[C@@H](CC(C)C)c1ccccc1. The van der Waals surface area contributed by atoms with Gasteiger partial charge in [-0.15, -0.1) is 0 Å². The van der Waals surface area contributed by atoms with Gasteiger partial charge in [-0.25, -0.2) is 4.79 Å². The fourth-order valence-corrected chi connectivity index (χ4v) is 2.85. The fraction of sp³-hybridized carbons (Fsp3) is 0.333. The quantitative estimate of drug-likeness (QED) is 0.391. The molecule has 0 aliphatic carbocycles. The summed E-state index contributed by atoms with van der Waals surface area (Å²) in [5.41, 5.74) is 0.570. The first-order valence-electron chi connectivity index (χ1n) is 9.15. The number of hydrogen-bond acceptors (Lipinski definition) is 6. The van der Waals surface area contributed by atoms with Crippen molar-refractivity contribution in [3.63, 3.8) is 0 Å². The molecule has 0 saturated carbocycles. The summed E-state index contributed by atoms with van der Waals surface area (Å²) in [6, 6.07) is 12.9. The number of carbonyl (C=O) groups is 2. The molecule has 0 heterocycles. The van der Waals surface area contributed by atoms with E-state index in [0.29, 0.717) is 5.92 Å². The van der Waals surface area contributed by atoms with Gasteiger partial charge in [0.15, 0.2) is 6.61 Å². The molecule has 0 saturated heterocycles. The zero-order valence-electron chi connectivity index (χ0n) is 16.6. The molecule has 0 unspecified atom stereocenters. The molecule has 0 aliphatic rings. The van der Waals surface area contributed by atoms with Crippen LogP contribution in [0.25, 0.3) is 0 Å². The van der Waals surface area contributed by atoms with Crippen LogP contribution in [-0.2, 0) is 9.53 Å². The van der Waals surface area contributed by atoms with Crippen molar-refractivity contribution in [2.45, 2.75) is 26.3 Å². The molecule has 0 radical (unpaired) electrons. The van der Waals surface area contributed by atoms with Gasteiger partial charge in [0.2, 0.25) is 0 Å². The van der Waals surface area contributed by atoms with Crippen LogP contribution in [0.5, 0.6) is 5.75 Å². The minimum atomic E-state index is -0.874. The van der Waals surface area contributed by atoms with Crippen LogP contribution in [0.1, 0.15) is 42.2 Å². The second-order valence-corrected chi connectivity index (χ2v) is 6.88. The van der Waals surface area contributed by atoms with Crippen molar-refractivity contribution in [2.24, 2.45) is 5.92 Å². The molecule has 0 aromatic heterocycles. The number of rotatable bonds is 9. The molecule has 29 heavy (non-hydrogen) atoms. The number of carbonyl (C=O) groups excluding carboxylic acids is 2. The van der Waals surface area contributed by atoms with E-state index in [9.17, 15) is 19.7 Å². The summed E-state index contributed by atoms with van der Waals surface area (Å²) in [6.07, 6.45) is 0.725. The van der Waals surface area contributed by atoms with Crippen molar-refractivity contribution >= 4 is 17.6 Å². The van der Waals surface area contributed by atoms with Gasteiger partial charge in [-0.1, -0.05) is 44.2 Å². The van der Waals surface area contributed by atoms with E-state index in [0.717, 1.165) is 18.1 Å². The predicted octanol–water partition coefficient (Wildman–Crippen LogP) is 3.66. The van der Waals surface area contributed by atoms with Gasteiger partial charge in [0, 0.05) is 12.1 Å². The Morgan fingerprint density at radius 2 is 1.83 bits per heavy atom. The van der Waals surface area contributed by atoms with Crippen molar-refractivity contribution in [3.8, 4) is 5.75 Å². The smallest absolute Gasteiger partial charge is 0.342 e. The molecule has 1 N–H and O–H groups in total. The van der Waals surface area contributed by atoms with E-state index in [4.69, 9.17) is 9.47 Å². The van der Waals surface area contributed by atoms with Gasteiger partial charge in [-0.3, -0.25) is 14.9 Å². The Hall–Kier alpha value is -3.42. The highest BCUT2D eigenvalue weighted by Crippen LogP contribution is 2.25. The molecule has 2 aromatic carbocycles. The number of benzene rings is 2. The topological polar surface area (TPSA) is 108 Å². The zero-order valence-corrected chi connectivity index (χ0v) is 16.6. The number of nitrogens with one attached hydrogen (secondary N) is 1. The number of nitro benzene ring substituents is 1. The van der Waals surface area contributed by atoms with Gasteiger partial charge in [-0.2, -0.15) is 0 Å². The summed E-state index contributed by atoms with van der Waals surface area (Å²) in [7, 11) is 1.33. The molecule has 2 aromatic rings. The number of nitro groups is 1. The summed E-state index contributed by atoms with van der Waals surface area (Å²) in [6.45, 7) is 3.60. The lowest BCUT2D eigenvalue weighted by molar-refractivity contribution is -0.384. The number of nitrogens with zero attached hydrogens (tertiary/aromatic N) is 1. The van der Waals surface area contributed by atoms with Gasteiger partial charge in [0.1, 0.15) is 11.3 Å². The summed E-state index contributed by atoms with van der Waals surface area (Å²) in [5, 5.41) is 13.8. The molecule has 1 atom stereocenters. The van der Waals surface area contributed by atoms with Gasteiger partial charge >= 0.3 is 5.97 Å². The number of hydrogen-bond donors (Lipinski definition) is 1. The minimum Gasteiger partial charge on any atom is -0.496 e. The Balaban J connectivity index is 2.05. The average Bonchev–Trinajstić information content (AvgIpc) is 2.71. The second kappa shape index (κ2) is 10.2. The first kappa shape index (κ1) is 21.9. The number of amides is 1. The van der Waals surface area contributed by atoms with E-state index in [2.05, 4.69) is 19.2 Å². The molecule has 2 rings (SSSR count). The number of methoxy groups -OCH3 is 1. The third kappa shape index (κ3) is 6.31. The first-order chi connectivity index (χ1) is 13.8. The molecular weight excluding hydrogens is 376 g/mol. The molecule has 1 amide bonds. The Morgan fingerprint density at radius 1 is 1.14 bits per heavy atom. The minimum absolute atomic E-state index is 0.115. The Bertz CT molecular complexity index is 867. The van der Waals surface area contributed by atoms with E-state index in [1.165, 1.54) is 19.2 Å². The third-order valence-corrected chi connectivity index (χ3v) is 4.19. The van der Waals surface area contributed by atoms with Crippen LogP contribution in [0, 0.1) is 16.0 Å². The van der Waals surface area contributed by atoms with Crippen LogP contribution in [0.2, 0.25) is 0 Å². The second-order valence-electron chi connectivity index (χ2n) is 6.88. The van der Waals surface area contributed by atoms with Gasteiger partial charge in [-0.05, 0) is 24.0 Å². The normalized spacial score (nSPS) is 11.6. The Kier molecular flexibility index (Phi) is 7.70. The largest absolute Gasteiger partial charge is 0.496 e. The highest BCUT2D eigenvalue weighted by Gasteiger charge is 2.21. The maximum absolute atomic E-state index is 12.3. The van der Waals surface area contributed by atoms with Crippen LogP contribution in [0.15, 0.2) is 48.5 Å². The summed E-state index contributed by atoms with van der Waals surface area (Å²) < 4.78 is 10.1. The number of ether oxygens (including phenoxy) is 2. The maximum atomic E-state index is 12.3. The lowest BCUT2D eigenvalue weighted by atomic mass is 9.97. The zero-order chi connectivity index (χ0) is 21.4. The van der Waals surface area contributed by atoms with Gasteiger partial charge in [0.25, 0.3) is 11.6 Å². The van der Waals surface area contributed by atoms with Crippen molar-refractivity contribution in [1.29, 1.82) is 0 Å². The van der Waals surface area contributed by atoms with Crippen molar-refractivity contribution in [2.75, 3.05) is 13.7 Å². The molecular formula is C21H24N2O6. The van der Waals surface area contributed by atoms with Crippen LogP contribution in [0.3, 0.4) is 0 Å². The van der Waals surface area contributed by atoms with E-state index in [-0.39, 0.29) is 23.0 Å². The standard InChI is InChI=1S/C21H24N2O6/c1-14(2)11-18(15-7-5-4-6-8-15)22-20(24)13-29-21(25)17-12-16(23(26)27)9-10-19(17)28-3/h4-10,12,14,18H,11,13H2,1-3H3,(H,22,24)/t18-/m0/s1. The van der Waals surface area contributed by atoms with Crippen molar-refractivity contribution in [3.05, 3.63) is 69.8 Å². The Labute approximate surface area is 169 Å². The van der Waals surface area contributed by atoms with Gasteiger partial charge < -0.3 is 14.8 Å². The Morgan fingerprint density at radius 3 is 2.41 bits per heavy atom. The molecule has 154 valence electrons. The highest BCUT2D eigenvalue weighted by molar-refractivity contribution is 5.94. The average molecular weight is 400 g/mol. The van der Waals surface area contributed by atoms with Crippen LogP contribution >= 0.6 is 0 Å². The molecule has 0 fully saturated rings. The van der Waals surface area contributed by atoms with E-state index in [1.54, 1.807) is 0 Å². The molecule has 0 bridgehead atoms. The van der Waals surface area contributed by atoms with E-state index in [1.807, 2.05) is 30.3 Å².